The number of amides is 1. The Morgan fingerprint density at radius 2 is 1.56 bits per heavy atom. The number of benzene rings is 2. The van der Waals surface area contributed by atoms with E-state index in [0.29, 0.717) is 35.8 Å². The predicted molar refractivity (Wildman–Crippen MR) is 136 cm³/mol. The molecule has 0 saturated heterocycles. The van der Waals surface area contributed by atoms with Crippen LogP contribution in [0.2, 0.25) is 0 Å². The third-order valence-electron chi connectivity index (χ3n) is 5.91. The zero-order chi connectivity index (χ0) is 25.4. The fourth-order valence-corrected chi connectivity index (χ4v) is 3.18. The first kappa shape index (κ1) is 29.1. The van der Waals surface area contributed by atoms with Crippen molar-refractivity contribution in [2.45, 2.75) is 40.0 Å². The van der Waals surface area contributed by atoms with Crippen LogP contribution >= 0.6 is 0 Å². The number of hydrogen-bond donors (Lipinski definition) is 2. The number of carbonyl (C=O) groups is 2. The van der Waals surface area contributed by atoms with Gasteiger partial charge in [-0.15, -0.1) is 0 Å². The molecule has 188 valence electrons. The summed E-state index contributed by atoms with van der Waals surface area (Å²) in [6, 6.07) is 14.0. The lowest BCUT2D eigenvalue weighted by atomic mass is 10.1. The highest BCUT2D eigenvalue weighted by Gasteiger charge is 2.18. The van der Waals surface area contributed by atoms with E-state index in [1.807, 2.05) is 12.1 Å². The van der Waals surface area contributed by atoms with E-state index < -0.39 is 0 Å². The number of nitrogens with zero attached hydrogens (tertiary/aromatic N) is 1. The maximum atomic E-state index is 12.8. The molecule has 0 bridgehead atoms. The molecule has 0 unspecified atom stereocenters. The Morgan fingerprint density at radius 1 is 0.912 bits per heavy atom. The molecule has 2 aromatic rings. The number of carbonyl (C=O) groups excluding carboxylic acids is 2. The van der Waals surface area contributed by atoms with Gasteiger partial charge < -0.3 is 24.4 Å². The van der Waals surface area contributed by atoms with E-state index in [1.165, 1.54) is 0 Å². The number of aliphatic hydroxyl groups excluding tert-OH is 1. The first-order valence-electron chi connectivity index (χ1n) is 12.0. The second-order valence-electron chi connectivity index (χ2n) is 8.19. The smallest absolute Gasteiger partial charge is 0.338 e. The number of ether oxygens (including phenoxy) is 2. The van der Waals surface area contributed by atoms with Crippen LogP contribution in [0.25, 0.3) is 0 Å². The van der Waals surface area contributed by atoms with E-state index in [9.17, 15) is 9.59 Å². The standard InChI is InChI=1S/C26H36N2O4.CH4O/c1-5-8-11-19-31-24-13-10-9-12-23(24)25(29)27-22-16-14-21(15-17-22)26(30)32-20-18-28(4,6-2)7-3;1-2/h9-10,12-17H,5-8,11,18-20H2,1-4H3;2H,1H3/p+1. The van der Waals surface area contributed by atoms with Gasteiger partial charge >= 0.3 is 5.97 Å². The molecule has 2 aromatic carbocycles. The Hall–Kier alpha value is -2.90. The number of para-hydroxylation sites is 1. The van der Waals surface area contributed by atoms with Crippen molar-refractivity contribution in [2.75, 3.05) is 52.3 Å². The molecule has 0 aliphatic heterocycles. The van der Waals surface area contributed by atoms with Crippen molar-refractivity contribution < 1.29 is 28.7 Å². The summed E-state index contributed by atoms with van der Waals surface area (Å²) in [5, 5.41) is 9.87. The number of esters is 1. The van der Waals surface area contributed by atoms with E-state index in [0.717, 1.165) is 50.5 Å². The van der Waals surface area contributed by atoms with Crippen molar-refractivity contribution in [2.24, 2.45) is 0 Å². The topological polar surface area (TPSA) is 84.9 Å². The van der Waals surface area contributed by atoms with Gasteiger partial charge in [0.1, 0.15) is 18.9 Å². The van der Waals surface area contributed by atoms with Crippen LogP contribution in [-0.4, -0.2) is 68.5 Å². The summed E-state index contributed by atoms with van der Waals surface area (Å²) in [5.74, 6) is -0.0269. The lowest BCUT2D eigenvalue weighted by molar-refractivity contribution is -0.906. The van der Waals surface area contributed by atoms with E-state index in [1.54, 1.807) is 36.4 Å². The second-order valence-corrected chi connectivity index (χ2v) is 8.19. The van der Waals surface area contributed by atoms with E-state index >= 15 is 0 Å². The molecular formula is C27H41N2O5+. The van der Waals surface area contributed by atoms with Crippen LogP contribution in [0.3, 0.4) is 0 Å². The number of unbranched alkanes of at least 4 members (excludes halogenated alkanes) is 2. The third-order valence-corrected chi connectivity index (χ3v) is 5.91. The zero-order valence-corrected chi connectivity index (χ0v) is 21.3. The summed E-state index contributed by atoms with van der Waals surface area (Å²) in [6.45, 7) is 10.1. The summed E-state index contributed by atoms with van der Waals surface area (Å²) in [5.41, 5.74) is 1.55. The van der Waals surface area contributed by atoms with E-state index in [2.05, 4.69) is 33.1 Å². The van der Waals surface area contributed by atoms with Crippen LogP contribution in [-0.2, 0) is 4.74 Å². The van der Waals surface area contributed by atoms with Gasteiger partial charge in [0, 0.05) is 12.8 Å². The number of likely N-dealkylation sites (N-methyl/N-ethyl adjacent to an activating group) is 1. The van der Waals surface area contributed by atoms with Crippen LogP contribution in [0.5, 0.6) is 5.75 Å². The van der Waals surface area contributed by atoms with Crippen LogP contribution in [0.1, 0.15) is 60.7 Å². The Labute approximate surface area is 204 Å². The van der Waals surface area contributed by atoms with E-state index in [-0.39, 0.29) is 11.9 Å². The number of nitrogens with one attached hydrogen (secondary N) is 1. The summed E-state index contributed by atoms with van der Waals surface area (Å²) in [4.78, 5) is 25.1. The number of hydrogen-bond acceptors (Lipinski definition) is 5. The minimum absolute atomic E-state index is 0.248. The van der Waals surface area contributed by atoms with Gasteiger partial charge in [-0.25, -0.2) is 4.79 Å². The van der Waals surface area contributed by atoms with E-state index in [4.69, 9.17) is 14.6 Å². The molecule has 7 heteroatoms. The fraction of sp³-hybridized carbons (Fsp3) is 0.481. The van der Waals surface area contributed by atoms with Crippen molar-refractivity contribution in [1.82, 2.24) is 0 Å². The lowest BCUT2D eigenvalue weighted by Gasteiger charge is -2.31. The summed E-state index contributed by atoms with van der Waals surface area (Å²) >= 11 is 0. The molecule has 0 spiro atoms. The van der Waals surface area contributed by atoms with Crippen LogP contribution in [0.4, 0.5) is 5.69 Å². The zero-order valence-electron chi connectivity index (χ0n) is 21.3. The maximum Gasteiger partial charge on any atom is 0.338 e. The summed E-state index contributed by atoms with van der Waals surface area (Å²) in [6.07, 6.45) is 3.17. The van der Waals surface area contributed by atoms with Crippen molar-refractivity contribution in [3.05, 3.63) is 59.7 Å². The monoisotopic (exact) mass is 473 g/mol. The Kier molecular flexibility index (Phi) is 13.6. The van der Waals surface area contributed by atoms with Crippen LogP contribution in [0.15, 0.2) is 48.5 Å². The largest absolute Gasteiger partial charge is 0.493 e. The summed E-state index contributed by atoms with van der Waals surface area (Å²) in [7, 11) is 3.15. The molecule has 0 fully saturated rings. The first-order valence-corrected chi connectivity index (χ1v) is 12.0. The number of aliphatic hydroxyl groups is 1. The van der Waals surface area contributed by atoms with Gasteiger partial charge in [0.15, 0.2) is 0 Å². The Balaban J connectivity index is 0.00000281. The van der Waals surface area contributed by atoms with Gasteiger partial charge in [0.05, 0.1) is 37.9 Å². The van der Waals surface area contributed by atoms with Gasteiger partial charge in [-0.3, -0.25) is 4.79 Å². The molecule has 7 nitrogen and oxygen atoms in total. The molecule has 0 aliphatic rings. The van der Waals surface area contributed by atoms with Crippen LogP contribution < -0.4 is 10.1 Å². The predicted octanol–water partition coefficient (Wildman–Crippen LogP) is 4.76. The summed E-state index contributed by atoms with van der Waals surface area (Å²) < 4.78 is 12.1. The second kappa shape index (κ2) is 15.9. The Bertz CT molecular complexity index is 864. The highest BCUT2D eigenvalue weighted by molar-refractivity contribution is 6.06. The first-order chi connectivity index (χ1) is 16.4. The number of quaternary nitrogens is 1. The normalized spacial score (nSPS) is 10.6. The minimum atomic E-state index is -0.354. The molecule has 0 heterocycles. The highest BCUT2D eigenvalue weighted by atomic mass is 16.5. The fourth-order valence-electron chi connectivity index (χ4n) is 3.18. The average Bonchev–Trinajstić information content (AvgIpc) is 2.88. The maximum absolute atomic E-state index is 12.8. The molecule has 2 rings (SSSR count). The van der Waals surface area contributed by atoms with Gasteiger partial charge in [-0.1, -0.05) is 31.9 Å². The van der Waals surface area contributed by atoms with Crippen molar-refractivity contribution >= 4 is 17.6 Å². The Morgan fingerprint density at radius 3 is 2.18 bits per heavy atom. The molecule has 0 aliphatic carbocycles. The third kappa shape index (κ3) is 9.53. The van der Waals surface area contributed by atoms with Gasteiger partial charge in [0.25, 0.3) is 5.91 Å². The number of rotatable bonds is 13. The average molecular weight is 474 g/mol. The van der Waals surface area contributed by atoms with Crippen molar-refractivity contribution in [1.29, 1.82) is 0 Å². The molecule has 2 N–H and O–H groups in total. The molecular weight excluding hydrogens is 432 g/mol. The van der Waals surface area contributed by atoms with Crippen molar-refractivity contribution in [3.8, 4) is 5.75 Å². The van der Waals surface area contributed by atoms with Crippen LogP contribution in [0, 0.1) is 0 Å². The van der Waals surface area contributed by atoms with Gasteiger partial charge in [0.2, 0.25) is 0 Å². The molecule has 1 amide bonds. The molecule has 0 radical (unpaired) electrons. The quantitative estimate of drug-likeness (QED) is 0.249. The van der Waals surface area contributed by atoms with Gasteiger partial charge in [-0.2, -0.15) is 0 Å². The highest BCUT2D eigenvalue weighted by Crippen LogP contribution is 2.20. The SMILES string of the molecule is CCCCCOc1ccccc1C(=O)Nc1ccc(C(=O)OCC[N+](C)(CC)CC)cc1.CO. The number of anilines is 1. The molecule has 34 heavy (non-hydrogen) atoms. The van der Waals surface area contributed by atoms with Crippen molar-refractivity contribution in [3.63, 3.8) is 0 Å². The lowest BCUT2D eigenvalue weighted by Crippen LogP contribution is -2.46. The molecule has 0 aromatic heterocycles. The molecule has 0 saturated carbocycles. The molecule has 0 atom stereocenters. The van der Waals surface area contributed by atoms with Gasteiger partial charge in [-0.05, 0) is 56.7 Å². The minimum Gasteiger partial charge on any atom is -0.493 e.